The van der Waals surface area contributed by atoms with Gasteiger partial charge in [-0.2, -0.15) is 0 Å². The Labute approximate surface area is 118 Å². The summed E-state index contributed by atoms with van der Waals surface area (Å²) >= 11 is 5.98. The van der Waals surface area contributed by atoms with Crippen molar-refractivity contribution in [2.24, 2.45) is 5.73 Å². The minimum absolute atomic E-state index is 0.0830. The number of benzene rings is 1. The number of hydrogen-bond donors (Lipinski definition) is 2. The Morgan fingerprint density at radius 3 is 2.79 bits per heavy atom. The Balaban J connectivity index is 2.49. The first-order chi connectivity index (χ1) is 8.83. The van der Waals surface area contributed by atoms with E-state index >= 15 is 0 Å². The van der Waals surface area contributed by atoms with Crippen molar-refractivity contribution in [2.75, 3.05) is 6.54 Å². The van der Waals surface area contributed by atoms with E-state index in [2.05, 4.69) is 4.72 Å². The van der Waals surface area contributed by atoms with Crippen molar-refractivity contribution in [3.05, 3.63) is 22.7 Å². The molecule has 1 aromatic rings. The highest BCUT2D eigenvalue weighted by Crippen LogP contribution is 2.37. The number of rotatable bonds is 4. The van der Waals surface area contributed by atoms with Gasteiger partial charge < -0.3 is 10.5 Å². The van der Waals surface area contributed by atoms with E-state index in [1.807, 2.05) is 0 Å². The maximum atomic E-state index is 12.3. The standard InChI is InChI=1S/C12H17ClN2O3S/c1-7(2)15-19(16,17)11-5-9(13)3-8-4-10(6-14)18-12(8)11/h3,5,7,10,15H,4,6,14H2,1-2H3. The van der Waals surface area contributed by atoms with Crippen molar-refractivity contribution in [1.82, 2.24) is 4.72 Å². The molecule has 1 heterocycles. The first kappa shape index (κ1) is 14.6. The molecule has 1 aliphatic heterocycles. The summed E-state index contributed by atoms with van der Waals surface area (Å²) in [6.07, 6.45) is 0.387. The molecule has 19 heavy (non-hydrogen) atoms. The van der Waals surface area contributed by atoms with Crippen LogP contribution in [-0.2, 0) is 16.4 Å². The highest BCUT2D eigenvalue weighted by molar-refractivity contribution is 7.89. The molecule has 0 aromatic heterocycles. The zero-order chi connectivity index (χ0) is 14.2. The largest absolute Gasteiger partial charge is 0.487 e. The fourth-order valence-corrected chi connectivity index (χ4v) is 3.83. The Hall–Kier alpha value is -0.820. The quantitative estimate of drug-likeness (QED) is 0.878. The molecular weight excluding hydrogens is 288 g/mol. The smallest absolute Gasteiger partial charge is 0.244 e. The van der Waals surface area contributed by atoms with Crippen LogP contribution in [0.2, 0.25) is 5.02 Å². The van der Waals surface area contributed by atoms with E-state index in [9.17, 15) is 8.42 Å². The topological polar surface area (TPSA) is 81.4 Å². The fourth-order valence-electron chi connectivity index (χ4n) is 2.07. The van der Waals surface area contributed by atoms with Crippen LogP contribution in [0.5, 0.6) is 5.75 Å². The molecular formula is C12H17ClN2O3S. The Kier molecular flexibility index (Phi) is 4.06. The maximum absolute atomic E-state index is 12.3. The summed E-state index contributed by atoms with van der Waals surface area (Å²) in [6.45, 7) is 3.85. The Morgan fingerprint density at radius 2 is 2.21 bits per heavy atom. The molecule has 0 amide bonds. The lowest BCUT2D eigenvalue weighted by Crippen LogP contribution is -2.30. The van der Waals surface area contributed by atoms with Crippen molar-refractivity contribution in [3.63, 3.8) is 0 Å². The lowest BCUT2D eigenvalue weighted by molar-refractivity contribution is 0.236. The van der Waals surface area contributed by atoms with Gasteiger partial charge in [-0.05, 0) is 26.0 Å². The SMILES string of the molecule is CC(C)NS(=O)(=O)c1cc(Cl)cc2c1OC(CN)C2. The Bertz CT molecular complexity index is 587. The van der Waals surface area contributed by atoms with Crippen molar-refractivity contribution in [2.45, 2.75) is 37.3 Å². The van der Waals surface area contributed by atoms with E-state index in [1.54, 1.807) is 19.9 Å². The van der Waals surface area contributed by atoms with E-state index in [1.165, 1.54) is 6.07 Å². The van der Waals surface area contributed by atoms with Gasteiger partial charge in [0.15, 0.2) is 0 Å². The van der Waals surface area contributed by atoms with Crippen LogP contribution in [0.4, 0.5) is 0 Å². The number of fused-ring (bicyclic) bond motifs is 1. The summed E-state index contributed by atoms with van der Waals surface area (Å²) in [7, 11) is -3.64. The summed E-state index contributed by atoms with van der Waals surface area (Å²) in [4.78, 5) is 0.0830. The third kappa shape index (κ3) is 3.02. The van der Waals surface area contributed by atoms with Crippen LogP contribution in [0.3, 0.4) is 0 Å². The van der Waals surface area contributed by atoms with E-state index < -0.39 is 10.0 Å². The summed E-state index contributed by atoms with van der Waals surface area (Å²) in [5, 5.41) is 0.379. The third-order valence-corrected chi connectivity index (χ3v) is 4.65. The number of nitrogens with one attached hydrogen (secondary N) is 1. The average molecular weight is 305 g/mol. The second-order valence-corrected chi connectivity index (χ2v) is 6.97. The molecule has 7 heteroatoms. The molecule has 3 N–H and O–H groups in total. The van der Waals surface area contributed by atoms with E-state index in [0.717, 1.165) is 5.56 Å². The van der Waals surface area contributed by atoms with Gasteiger partial charge in [0.1, 0.15) is 16.7 Å². The van der Waals surface area contributed by atoms with Gasteiger partial charge >= 0.3 is 0 Å². The van der Waals surface area contributed by atoms with Crippen LogP contribution in [0.25, 0.3) is 0 Å². The third-order valence-electron chi connectivity index (χ3n) is 2.77. The highest BCUT2D eigenvalue weighted by atomic mass is 35.5. The van der Waals surface area contributed by atoms with E-state index in [0.29, 0.717) is 23.7 Å². The zero-order valence-electron chi connectivity index (χ0n) is 10.8. The number of hydrogen-bond acceptors (Lipinski definition) is 4. The Morgan fingerprint density at radius 1 is 1.53 bits per heavy atom. The number of nitrogens with two attached hydrogens (primary N) is 1. The van der Waals surface area contributed by atoms with Crippen LogP contribution >= 0.6 is 11.6 Å². The van der Waals surface area contributed by atoms with Gasteiger partial charge in [0.2, 0.25) is 10.0 Å². The van der Waals surface area contributed by atoms with Crippen LogP contribution in [0, 0.1) is 0 Å². The summed E-state index contributed by atoms with van der Waals surface area (Å²) in [5.41, 5.74) is 6.35. The predicted molar refractivity (Wildman–Crippen MR) is 74.1 cm³/mol. The van der Waals surface area contributed by atoms with Gasteiger partial charge in [-0.25, -0.2) is 13.1 Å². The molecule has 0 saturated heterocycles. The first-order valence-corrected chi connectivity index (χ1v) is 7.91. The number of sulfonamides is 1. The summed E-state index contributed by atoms with van der Waals surface area (Å²) in [5.74, 6) is 0.369. The lowest BCUT2D eigenvalue weighted by atomic mass is 10.1. The van der Waals surface area contributed by atoms with E-state index in [-0.39, 0.29) is 17.0 Å². The fraction of sp³-hybridized carbons (Fsp3) is 0.500. The van der Waals surface area contributed by atoms with Gasteiger partial charge in [-0.3, -0.25) is 0 Å². The van der Waals surface area contributed by atoms with Crippen molar-refractivity contribution < 1.29 is 13.2 Å². The van der Waals surface area contributed by atoms with Gasteiger partial charge in [0.25, 0.3) is 0 Å². The molecule has 1 aromatic carbocycles. The molecule has 1 unspecified atom stereocenters. The molecule has 1 atom stereocenters. The summed E-state index contributed by atoms with van der Waals surface area (Å²) in [6, 6.07) is 2.93. The molecule has 0 fully saturated rings. The molecule has 0 bridgehead atoms. The molecule has 5 nitrogen and oxygen atoms in total. The average Bonchev–Trinajstić information content (AvgIpc) is 2.68. The highest BCUT2D eigenvalue weighted by Gasteiger charge is 2.30. The van der Waals surface area contributed by atoms with Crippen LogP contribution in [0.15, 0.2) is 17.0 Å². The second kappa shape index (κ2) is 5.28. The lowest BCUT2D eigenvalue weighted by Gasteiger charge is -2.14. The second-order valence-electron chi connectivity index (χ2n) is 4.85. The predicted octanol–water partition coefficient (Wildman–Crippen LogP) is 1.29. The molecule has 0 saturated carbocycles. The van der Waals surface area contributed by atoms with Crippen LogP contribution in [0.1, 0.15) is 19.4 Å². The van der Waals surface area contributed by atoms with Gasteiger partial charge in [-0.1, -0.05) is 11.6 Å². The zero-order valence-corrected chi connectivity index (χ0v) is 12.4. The number of ether oxygens (including phenoxy) is 1. The van der Waals surface area contributed by atoms with Gasteiger partial charge in [0, 0.05) is 29.6 Å². The number of halogens is 1. The van der Waals surface area contributed by atoms with Gasteiger partial charge in [-0.15, -0.1) is 0 Å². The van der Waals surface area contributed by atoms with Crippen LogP contribution < -0.4 is 15.2 Å². The van der Waals surface area contributed by atoms with E-state index in [4.69, 9.17) is 22.1 Å². The summed E-state index contributed by atoms with van der Waals surface area (Å²) < 4.78 is 32.7. The molecule has 1 aliphatic rings. The van der Waals surface area contributed by atoms with Crippen molar-refractivity contribution in [3.8, 4) is 5.75 Å². The van der Waals surface area contributed by atoms with Crippen molar-refractivity contribution >= 4 is 21.6 Å². The van der Waals surface area contributed by atoms with Gasteiger partial charge in [0.05, 0.1) is 0 Å². The molecule has 0 aliphatic carbocycles. The molecule has 2 rings (SSSR count). The normalized spacial score (nSPS) is 18.5. The molecule has 106 valence electrons. The maximum Gasteiger partial charge on any atom is 0.244 e. The minimum atomic E-state index is -3.64. The minimum Gasteiger partial charge on any atom is -0.487 e. The van der Waals surface area contributed by atoms with Crippen LogP contribution in [-0.4, -0.2) is 27.1 Å². The first-order valence-electron chi connectivity index (χ1n) is 6.05. The molecule has 0 spiro atoms. The molecule has 0 radical (unpaired) electrons. The monoisotopic (exact) mass is 304 g/mol. The van der Waals surface area contributed by atoms with Crippen molar-refractivity contribution in [1.29, 1.82) is 0 Å².